The number of ether oxygens (including phenoxy) is 1. The van der Waals surface area contributed by atoms with Crippen LogP contribution in [0, 0.1) is 0 Å². The SMILES string of the molecule is CCCC(=O)Cc1nc(COc2ccccc2)no1. The van der Waals surface area contributed by atoms with E-state index in [2.05, 4.69) is 10.1 Å². The van der Waals surface area contributed by atoms with Gasteiger partial charge < -0.3 is 9.26 Å². The second-order valence-electron chi connectivity index (χ2n) is 4.17. The van der Waals surface area contributed by atoms with Crippen molar-refractivity contribution in [3.05, 3.63) is 42.0 Å². The fourth-order valence-corrected chi connectivity index (χ4v) is 1.62. The third-order valence-corrected chi connectivity index (χ3v) is 2.50. The van der Waals surface area contributed by atoms with Crippen molar-refractivity contribution in [3.63, 3.8) is 0 Å². The Morgan fingerprint density at radius 2 is 2.11 bits per heavy atom. The standard InChI is InChI=1S/C14H16N2O3/c1-2-6-11(17)9-14-15-13(16-19-14)10-18-12-7-4-3-5-8-12/h3-5,7-8H,2,6,9-10H2,1H3. The first-order valence-corrected chi connectivity index (χ1v) is 6.29. The lowest BCUT2D eigenvalue weighted by molar-refractivity contribution is -0.118. The maximum absolute atomic E-state index is 11.4. The minimum atomic E-state index is 0.113. The fourth-order valence-electron chi connectivity index (χ4n) is 1.62. The predicted octanol–water partition coefficient (Wildman–Crippen LogP) is 2.56. The number of hydrogen-bond acceptors (Lipinski definition) is 5. The molecule has 0 bridgehead atoms. The van der Waals surface area contributed by atoms with Crippen molar-refractivity contribution in [1.29, 1.82) is 0 Å². The summed E-state index contributed by atoms with van der Waals surface area (Å²) in [5.74, 6) is 1.66. The van der Waals surface area contributed by atoms with Gasteiger partial charge in [0.2, 0.25) is 11.7 Å². The number of ketones is 1. The van der Waals surface area contributed by atoms with Crippen molar-refractivity contribution in [1.82, 2.24) is 10.1 Å². The molecule has 19 heavy (non-hydrogen) atoms. The van der Waals surface area contributed by atoms with Crippen molar-refractivity contribution in [3.8, 4) is 5.75 Å². The Bertz CT molecular complexity index is 522. The van der Waals surface area contributed by atoms with E-state index >= 15 is 0 Å². The topological polar surface area (TPSA) is 65.2 Å². The highest BCUT2D eigenvalue weighted by molar-refractivity contribution is 5.79. The van der Waals surface area contributed by atoms with Crippen LogP contribution in [0.15, 0.2) is 34.9 Å². The normalized spacial score (nSPS) is 10.4. The average molecular weight is 260 g/mol. The molecule has 0 saturated carbocycles. The van der Waals surface area contributed by atoms with Gasteiger partial charge in [0.05, 0.1) is 6.42 Å². The molecule has 0 atom stereocenters. The van der Waals surface area contributed by atoms with Crippen LogP contribution in [-0.2, 0) is 17.8 Å². The molecule has 0 spiro atoms. The molecular formula is C14H16N2O3. The van der Waals surface area contributed by atoms with Crippen LogP contribution < -0.4 is 4.74 Å². The largest absolute Gasteiger partial charge is 0.485 e. The van der Waals surface area contributed by atoms with E-state index < -0.39 is 0 Å². The van der Waals surface area contributed by atoms with Crippen LogP contribution in [-0.4, -0.2) is 15.9 Å². The molecule has 0 aliphatic rings. The molecule has 1 aromatic carbocycles. The smallest absolute Gasteiger partial charge is 0.234 e. The van der Waals surface area contributed by atoms with Gasteiger partial charge in [-0.15, -0.1) is 0 Å². The average Bonchev–Trinajstić information content (AvgIpc) is 2.85. The van der Waals surface area contributed by atoms with E-state index in [1.165, 1.54) is 0 Å². The molecular weight excluding hydrogens is 244 g/mol. The lowest BCUT2D eigenvalue weighted by Crippen LogP contribution is -2.02. The Morgan fingerprint density at radius 1 is 1.32 bits per heavy atom. The summed E-state index contributed by atoms with van der Waals surface area (Å²) in [6, 6.07) is 9.40. The van der Waals surface area contributed by atoms with Crippen molar-refractivity contribution in [2.45, 2.75) is 32.8 Å². The number of nitrogens with zero attached hydrogens (tertiary/aromatic N) is 2. The molecule has 0 fully saturated rings. The van der Waals surface area contributed by atoms with Gasteiger partial charge in [0.1, 0.15) is 11.5 Å². The lowest BCUT2D eigenvalue weighted by atomic mass is 10.2. The third-order valence-electron chi connectivity index (χ3n) is 2.50. The summed E-state index contributed by atoms with van der Waals surface area (Å²) >= 11 is 0. The summed E-state index contributed by atoms with van der Waals surface area (Å²) in [7, 11) is 0. The van der Waals surface area contributed by atoms with E-state index in [4.69, 9.17) is 9.26 Å². The minimum Gasteiger partial charge on any atom is -0.485 e. The maximum Gasteiger partial charge on any atom is 0.234 e. The quantitative estimate of drug-likeness (QED) is 0.765. The molecule has 0 N–H and O–H groups in total. The van der Waals surface area contributed by atoms with Crippen LogP contribution in [0.3, 0.4) is 0 Å². The number of carbonyl (C=O) groups is 1. The van der Waals surface area contributed by atoms with Crippen molar-refractivity contribution in [2.75, 3.05) is 0 Å². The lowest BCUT2D eigenvalue weighted by Gasteiger charge is -2.01. The summed E-state index contributed by atoms with van der Waals surface area (Å²) in [6.07, 6.45) is 1.57. The zero-order valence-electron chi connectivity index (χ0n) is 10.8. The number of rotatable bonds is 7. The molecule has 100 valence electrons. The van der Waals surface area contributed by atoms with Gasteiger partial charge in [0.25, 0.3) is 0 Å². The van der Waals surface area contributed by atoms with Gasteiger partial charge in [0, 0.05) is 6.42 Å². The van der Waals surface area contributed by atoms with E-state index in [1.54, 1.807) is 0 Å². The van der Waals surface area contributed by atoms with Crippen LogP contribution in [0.1, 0.15) is 31.5 Å². The van der Waals surface area contributed by atoms with Gasteiger partial charge in [-0.05, 0) is 18.6 Å². The first kappa shape index (κ1) is 13.3. The molecule has 2 aromatic rings. The Morgan fingerprint density at radius 3 is 2.84 bits per heavy atom. The van der Waals surface area contributed by atoms with E-state index in [0.29, 0.717) is 18.1 Å². The zero-order valence-corrected chi connectivity index (χ0v) is 10.8. The minimum absolute atomic E-state index is 0.113. The number of Topliss-reactive ketones (excluding diaryl/α,β-unsaturated/α-hetero) is 1. The Kier molecular flexibility index (Phi) is 4.66. The van der Waals surface area contributed by atoms with Crippen molar-refractivity contribution in [2.24, 2.45) is 0 Å². The van der Waals surface area contributed by atoms with Crippen molar-refractivity contribution < 1.29 is 14.1 Å². The van der Waals surface area contributed by atoms with E-state index in [0.717, 1.165) is 12.2 Å². The number of aromatic nitrogens is 2. The van der Waals surface area contributed by atoms with E-state index in [1.807, 2.05) is 37.3 Å². The molecule has 0 radical (unpaired) electrons. The molecule has 1 aromatic heterocycles. The molecule has 5 heteroatoms. The third kappa shape index (κ3) is 4.21. The molecule has 0 amide bonds. The van der Waals surface area contributed by atoms with Crippen LogP contribution in [0.5, 0.6) is 5.75 Å². The number of carbonyl (C=O) groups excluding carboxylic acids is 1. The second kappa shape index (κ2) is 6.68. The summed E-state index contributed by atoms with van der Waals surface area (Å²) in [4.78, 5) is 15.6. The summed E-state index contributed by atoms with van der Waals surface area (Å²) < 4.78 is 10.5. The van der Waals surface area contributed by atoms with Gasteiger partial charge in [-0.2, -0.15) is 4.98 Å². The summed E-state index contributed by atoms with van der Waals surface area (Å²) in [5, 5.41) is 3.78. The highest BCUT2D eigenvalue weighted by Crippen LogP contribution is 2.10. The van der Waals surface area contributed by atoms with Crippen LogP contribution in [0.2, 0.25) is 0 Å². The number of benzene rings is 1. The van der Waals surface area contributed by atoms with E-state index in [-0.39, 0.29) is 18.8 Å². The molecule has 5 nitrogen and oxygen atoms in total. The highest BCUT2D eigenvalue weighted by Gasteiger charge is 2.11. The Balaban J connectivity index is 1.85. The second-order valence-corrected chi connectivity index (χ2v) is 4.17. The summed E-state index contributed by atoms with van der Waals surface area (Å²) in [6.45, 7) is 2.19. The highest BCUT2D eigenvalue weighted by atomic mass is 16.5. The van der Waals surface area contributed by atoms with Crippen LogP contribution in [0.4, 0.5) is 0 Å². The Hall–Kier alpha value is -2.17. The molecule has 0 aliphatic carbocycles. The van der Waals surface area contributed by atoms with E-state index in [9.17, 15) is 4.79 Å². The number of para-hydroxylation sites is 1. The van der Waals surface area contributed by atoms with Gasteiger partial charge in [-0.3, -0.25) is 4.79 Å². The molecule has 2 rings (SSSR count). The van der Waals surface area contributed by atoms with Gasteiger partial charge in [-0.25, -0.2) is 0 Å². The molecule has 0 unspecified atom stereocenters. The van der Waals surface area contributed by atoms with Gasteiger partial charge in [0.15, 0.2) is 6.61 Å². The monoisotopic (exact) mass is 260 g/mol. The zero-order chi connectivity index (χ0) is 13.5. The first-order valence-electron chi connectivity index (χ1n) is 6.29. The van der Waals surface area contributed by atoms with Crippen molar-refractivity contribution >= 4 is 5.78 Å². The van der Waals surface area contributed by atoms with Gasteiger partial charge in [-0.1, -0.05) is 30.3 Å². The maximum atomic E-state index is 11.4. The Labute approximate surface area is 111 Å². The summed E-state index contributed by atoms with van der Waals surface area (Å²) in [5.41, 5.74) is 0. The molecule has 0 aliphatic heterocycles. The van der Waals surface area contributed by atoms with Crippen LogP contribution >= 0.6 is 0 Å². The molecule has 1 heterocycles. The number of hydrogen-bond donors (Lipinski definition) is 0. The van der Waals surface area contributed by atoms with Gasteiger partial charge >= 0.3 is 0 Å². The fraction of sp³-hybridized carbons (Fsp3) is 0.357. The van der Waals surface area contributed by atoms with Crippen LogP contribution in [0.25, 0.3) is 0 Å². The first-order chi connectivity index (χ1) is 9.28. The predicted molar refractivity (Wildman–Crippen MR) is 68.7 cm³/mol. The molecule has 0 saturated heterocycles.